The van der Waals surface area contributed by atoms with Crippen LogP contribution in [0.2, 0.25) is 0 Å². The highest BCUT2D eigenvalue weighted by atomic mass is 19.1. The number of hydrogen-bond acceptors (Lipinski definition) is 7. The van der Waals surface area contributed by atoms with Gasteiger partial charge in [-0.1, -0.05) is 26.0 Å². The van der Waals surface area contributed by atoms with Crippen molar-refractivity contribution in [1.29, 1.82) is 0 Å². The molecule has 1 aliphatic heterocycles. The van der Waals surface area contributed by atoms with E-state index in [4.69, 9.17) is 14.5 Å². The number of aromatic nitrogens is 1. The topological polar surface area (TPSA) is 95.0 Å². The van der Waals surface area contributed by atoms with E-state index >= 15 is 0 Å². The molecule has 7 nitrogen and oxygen atoms in total. The summed E-state index contributed by atoms with van der Waals surface area (Å²) in [6, 6.07) is 8.02. The fourth-order valence-electron chi connectivity index (χ4n) is 4.78. The van der Waals surface area contributed by atoms with E-state index in [1.807, 2.05) is 19.9 Å². The SMILES string of the molecule is Cc1cc(C2=C(C=C[C@H]3C[C@H](O)CC(=O)O3)C(C)(C)CC(OOC(=O)c3ccncc3)C2)ccc1F. The summed E-state index contributed by atoms with van der Waals surface area (Å²) in [6.07, 6.45) is 6.31. The fourth-order valence-corrected chi connectivity index (χ4v) is 4.78. The van der Waals surface area contributed by atoms with Gasteiger partial charge in [0, 0.05) is 25.2 Å². The molecule has 8 heteroatoms. The molecule has 1 saturated heterocycles. The van der Waals surface area contributed by atoms with Crippen LogP contribution in [0, 0.1) is 18.2 Å². The normalized spacial score (nSPS) is 24.0. The highest BCUT2D eigenvalue weighted by molar-refractivity contribution is 5.88. The highest BCUT2D eigenvalue weighted by Gasteiger charge is 2.37. The monoisotopic (exact) mass is 495 g/mol. The third kappa shape index (κ3) is 6.06. The number of esters is 1. The standard InChI is InChI=1S/C28H30FNO6/c1-17-12-19(4-7-25(17)29)23-15-22(35-36-27(33)18-8-10-30-11-9-18)16-28(2,3)24(23)6-5-21-13-20(31)14-26(32)34-21/h4-12,20-22,31H,13-16H2,1-3H3/t20-,21-,22?/m0/s1. The van der Waals surface area contributed by atoms with Crippen LogP contribution in [-0.2, 0) is 19.3 Å². The zero-order valence-electron chi connectivity index (χ0n) is 20.6. The third-order valence-electron chi connectivity index (χ3n) is 6.57. The van der Waals surface area contributed by atoms with Gasteiger partial charge in [0.05, 0.1) is 18.1 Å². The van der Waals surface area contributed by atoms with Crippen LogP contribution in [0.5, 0.6) is 0 Å². The van der Waals surface area contributed by atoms with Gasteiger partial charge < -0.3 is 9.84 Å². The summed E-state index contributed by atoms with van der Waals surface area (Å²) < 4.78 is 19.4. The van der Waals surface area contributed by atoms with Crippen LogP contribution < -0.4 is 0 Å². The van der Waals surface area contributed by atoms with Crippen LogP contribution >= 0.6 is 0 Å². The van der Waals surface area contributed by atoms with Gasteiger partial charge in [-0.2, -0.15) is 4.89 Å². The van der Waals surface area contributed by atoms with Crippen LogP contribution in [0.3, 0.4) is 0 Å². The summed E-state index contributed by atoms with van der Waals surface area (Å²) in [5, 5.41) is 9.95. The molecule has 4 rings (SSSR count). The van der Waals surface area contributed by atoms with Gasteiger partial charge in [-0.25, -0.2) is 9.18 Å². The van der Waals surface area contributed by atoms with Crippen molar-refractivity contribution in [3.05, 3.63) is 83.0 Å². The average Bonchev–Trinajstić information content (AvgIpc) is 2.82. The lowest BCUT2D eigenvalue weighted by Crippen LogP contribution is -2.32. The number of cyclic esters (lactones) is 1. The van der Waals surface area contributed by atoms with Gasteiger partial charge in [-0.15, -0.1) is 0 Å². The first kappa shape index (κ1) is 25.7. The Bertz CT molecular complexity index is 1190. The Balaban J connectivity index is 1.62. The molecular formula is C28H30FNO6. The van der Waals surface area contributed by atoms with Gasteiger partial charge >= 0.3 is 11.9 Å². The van der Waals surface area contributed by atoms with E-state index in [1.54, 1.807) is 37.3 Å². The van der Waals surface area contributed by atoms with Crippen LogP contribution in [0.1, 0.15) is 61.0 Å². The predicted molar refractivity (Wildman–Crippen MR) is 130 cm³/mol. The lowest BCUT2D eigenvalue weighted by molar-refractivity contribution is -0.278. The minimum absolute atomic E-state index is 0.00410. The number of pyridine rings is 1. The first-order valence-electron chi connectivity index (χ1n) is 12.0. The molecule has 0 saturated carbocycles. The number of carbonyl (C=O) groups excluding carboxylic acids is 2. The molecule has 1 unspecified atom stereocenters. The molecule has 36 heavy (non-hydrogen) atoms. The molecule has 1 N–H and O–H groups in total. The summed E-state index contributed by atoms with van der Waals surface area (Å²) in [6.45, 7) is 5.80. The van der Waals surface area contributed by atoms with E-state index in [0.29, 0.717) is 30.4 Å². The number of hydrogen-bond donors (Lipinski definition) is 1. The number of rotatable bonds is 6. The molecule has 2 heterocycles. The van der Waals surface area contributed by atoms with E-state index < -0.39 is 35.7 Å². The van der Waals surface area contributed by atoms with Crippen molar-refractivity contribution in [2.24, 2.45) is 5.41 Å². The number of aliphatic hydroxyl groups excluding tert-OH is 1. The Morgan fingerprint density at radius 1 is 1.22 bits per heavy atom. The second-order valence-electron chi connectivity index (χ2n) is 9.95. The molecule has 0 spiro atoms. The average molecular weight is 496 g/mol. The van der Waals surface area contributed by atoms with E-state index in [-0.39, 0.29) is 12.2 Å². The van der Waals surface area contributed by atoms with Crippen molar-refractivity contribution in [2.75, 3.05) is 0 Å². The first-order chi connectivity index (χ1) is 17.1. The van der Waals surface area contributed by atoms with Crippen LogP contribution in [0.4, 0.5) is 4.39 Å². The third-order valence-corrected chi connectivity index (χ3v) is 6.57. The van der Waals surface area contributed by atoms with Gasteiger partial charge in [0.15, 0.2) is 0 Å². The maximum Gasteiger partial charge on any atom is 0.373 e. The lowest BCUT2D eigenvalue weighted by atomic mass is 9.69. The number of carbonyl (C=O) groups is 2. The molecule has 3 atom stereocenters. The van der Waals surface area contributed by atoms with Crippen molar-refractivity contribution >= 4 is 17.5 Å². The maximum atomic E-state index is 14.0. The minimum Gasteiger partial charge on any atom is -0.458 e. The van der Waals surface area contributed by atoms with E-state index in [1.165, 1.54) is 18.5 Å². The number of halogens is 1. The first-order valence-corrected chi connectivity index (χ1v) is 12.0. The molecule has 0 amide bonds. The van der Waals surface area contributed by atoms with Gasteiger partial charge in [0.2, 0.25) is 0 Å². The molecule has 1 aliphatic carbocycles. The number of benzene rings is 1. The Morgan fingerprint density at radius 2 is 1.97 bits per heavy atom. The van der Waals surface area contributed by atoms with Crippen molar-refractivity contribution in [3.8, 4) is 0 Å². The molecular weight excluding hydrogens is 465 g/mol. The number of nitrogens with zero attached hydrogens (tertiary/aromatic N) is 1. The molecule has 2 aliphatic rings. The lowest BCUT2D eigenvalue weighted by Gasteiger charge is -2.38. The summed E-state index contributed by atoms with van der Waals surface area (Å²) in [4.78, 5) is 38.8. The maximum absolute atomic E-state index is 14.0. The zero-order valence-corrected chi connectivity index (χ0v) is 20.6. The Kier molecular flexibility index (Phi) is 7.66. The molecule has 1 fully saturated rings. The second kappa shape index (κ2) is 10.7. The molecule has 1 aromatic carbocycles. The highest BCUT2D eigenvalue weighted by Crippen LogP contribution is 2.46. The quantitative estimate of drug-likeness (QED) is 0.347. The molecule has 2 aromatic rings. The fraction of sp³-hybridized carbons (Fsp3) is 0.393. The smallest absolute Gasteiger partial charge is 0.373 e. The van der Waals surface area contributed by atoms with Crippen molar-refractivity contribution in [1.82, 2.24) is 4.98 Å². The van der Waals surface area contributed by atoms with E-state index in [0.717, 1.165) is 16.7 Å². The summed E-state index contributed by atoms with van der Waals surface area (Å²) in [7, 11) is 0. The molecule has 0 bridgehead atoms. The van der Waals surface area contributed by atoms with Crippen molar-refractivity contribution in [2.45, 2.75) is 64.8 Å². The van der Waals surface area contributed by atoms with Crippen LogP contribution in [0.25, 0.3) is 5.57 Å². The largest absolute Gasteiger partial charge is 0.458 e. The van der Waals surface area contributed by atoms with E-state index in [2.05, 4.69) is 4.98 Å². The minimum atomic E-state index is -0.735. The van der Waals surface area contributed by atoms with Crippen molar-refractivity contribution < 1.29 is 33.6 Å². The zero-order chi connectivity index (χ0) is 25.9. The number of ether oxygens (including phenoxy) is 1. The number of allylic oxidation sites excluding steroid dienone is 2. The van der Waals surface area contributed by atoms with Crippen LogP contribution in [0.15, 0.2) is 60.5 Å². The van der Waals surface area contributed by atoms with Crippen molar-refractivity contribution in [3.63, 3.8) is 0 Å². The number of aliphatic hydroxyl groups is 1. The molecule has 1 aromatic heterocycles. The van der Waals surface area contributed by atoms with Gasteiger partial charge in [0.25, 0.3) is 0 Å². The summed E-state index contributed by atoms with van der Waals surface area (Å²) in [5.74, 6) is -1.34. The van der Waals surface area contributed by atoms with Gasteiger partial charge in [-0.3, -0.25) is 14.7 Å². The molecule has 0 radical (unpaired) electrons. The summed E-state index contributed by atoms with van der Waals surface area (Å²) >= 11 is 0. The number of aryl methyl sites for hydroxylation is 1. The summed E-state index contributed by atoms with van der Waals surface area (Å²) in [5.41, 5.74) is 3.15. The molecule has 190 valence electrons. The van der Waals surface area contributed by atoms with E-state index in [9.17, 15) is 19.1 Å². The van der Waals surface area contributed by atoms with Crippen LogP contribution in [-0.4, -0.2) is 40.3 Å². The Hall–Kier alpha value is -3.36. The Morgan fingerprint density at radius 3 is 2.67 bits per heavy atom. The second-order valence-corrected chi connectivity index (χ2v) is 9.95. The van der Waals surface area contributed by atoms with Gasteiger partial charge in [-0.05, 0) is 71.4 Å². The predicted octanol–water partition coefficient (Wildman–Crippen LogP) is 4.88. The Labute approximate surface area is 209 Å². The van der Waals surface area contributed by atoms with Gasteiger partial charge in [0.1, 0.15) is 18.0 Å².